The highest BCUT2D eigenvalue weighted by Gasteiger charge is 2.40. The van der Waals surface area contributed by atoms with Gasteiger partial charge in [0.15, 0.2) is 5.78 Å². The number of hydrogen-bond donors (Lipinski definition) is 1. The van der Waals surface area contributed by atoms with Crippen molar-refractivity contribution in [2.75, 3.05) is 0 Å². The zero-order valence-corrected chi connectivity index (χ0v) is 8.93. The van der Waals surface area contributed by atoms with Crippen molar-refractivity contribution in [3.05, 3.63) is 0 Å². The van der Waals surface area contributed by atoms with Crippen molar-refractivity contribution in [1.29, 1.82) is 0 Å². The normalized spacial score (nSPS) is 17.7. The van der Waals surface area contributed by atoms with Gasteiger partial charge >= 0.3 is 0 Å². The summed E-state index contributed by atoms with van der Waals surface area (Å²) < 4.78 is 0. The van der Waals surface area contributed by atoms with Gasteiger partial charge < -0.3 is 5.11 Å². The van der Waals surface area contributed by atoms with Gasteiger partial charge in [-0.15, -0.1) is 0 Å². The maximum Gasteiger partial charge on any atom is 0.169 e. The molecule has 0 radical (unpaired) electrons. The molecule has 0 aliphatic carbocycles. The van der Waals surface area contributed by atoms with E-state index in [4.69, 9.17) is 0 Å². The molecule has 0 saturated heterocycles. The molecule has 0 heterocycles. The summed E-state index contributed by atoms with van der Waals surface area (Å²) in [6.07, 6.45) is 0. The Kier molecular flexibility index (Phi) is 3.07. The maximum absolute atomic E-state index is 11.7. The van der Waals surface area contributed by atoms with Crippen molar-refractivity contribution in [1.82, 2.24) is 0 Å². The first-order valence-electron chi connectivity index (χ1n) is 4.37. The molecule has 12 heavy (non-hydrogen) atoms. The van der Waals surface area contributed by atoms with Crippen LogP contribution in [-0.2, 0) is 4.79 Å². The van der Waals surface area contributed by atoms with E-state index in [1.54, 1.807) is 6.92 Å². The van der Waals surface area contributed by atoms with Crippen LogP contribution in [-0.4, -0.2) is 16.5 Å². The van der Waals surface area contributed by atoms with Crippen LogP contribution in [0.4, 0.5) is 0 Å². The Morgan fingerprint density at radius 3 is 1.58 bits per heavy atom. The summed E-state index contributed by atoms with van der Waals surface area (Å²) in [6.45, 7) is 10.8. The molecule has 0 saturated carbocycles. The first-order chi connectivity index (χ1) is 5.10. The van der Waals surface area contributed by atoms with E-state index in [0.717, 1.165) is 0 Å². The lowest BCUT2D eigenvalue weighted by molar-refractivity contribution is -0.148. The molecule has 2 nitrogen and oxygen atoms in total. The predicted molar refractivity (Wildman–Crippen MR) is 49.9 cm³/mol. The summed E-state index contributed by atoms with van der Waals surface area (Å²) in [5, 5.41) is 9.85. The summed E-state index contributed by atoms with van der Waals surface area (Å²) in [6, 6.07) is 0. The molecule has 0 aromatic carbocycles. The third-order valence-corrected chi connectivity index (χ3v) is 2.27. The summed E-state index contributed by atoms with van der Waals surface area (Å²) >= 11 is 0. The fourth-order valence-electron chi connectivity index (χ4n) is 1.02. The quantitative estimate of drug-likeness (QED) is 0.691. The second-order valence-electron chi connectivity index (χ2n) is 4.88. The second-order valence-corrected chi connectivity index (χ2v) is 4.88. The molecule has 72 valence electrons. The zero-order chi connectivity index (χ0) is 10.2. The summed E-state index contributed by atoms with van der Waals surface area (Å²) in [5.41, 5.74) is -1.66. The molecular formula is C10H20O2. The Balaban J connectivity index is 4.70. The maximum atomic E-state index is 11.7. The van der Waals surface area contributed by atoms with Crippen LogP contribution in [0.1, 0.15) is 41.5 Å². The van der Waals surface area contributed by atoms with Crippen LogP contribution in [0, 0.1) is 11.3 Å². The van der Waals surface area contributed by atoms with Gasteiger partial charge in [-0.25, -0.2) is 0 Å². The predicted octanol–water partition coefficient (Wildman–Crippen LogP) is 2.01. The average Bonchev–Trinajstić information content (AvgIpc) is 1.83. The third-order valence-electron chi connectivity index (χ3n) is 2.27. The Bertz CT molecular complexity index is 173. The van der Waals surface area contributed by atoms with Gasteiger partial charge in [0.25, 0.3) is 0 Å². The highest BCUT2D eigenvalue weighted by atomic mass is 16.3. The van der Waals surface area contributed by atoms with Crippen molar-refractivity contribution in [3.8, 4) is 0 Å². The van der Waals surface area contributed by atoms with Gasteiger partial charge in [0.05, 0.1) is 0 Å². The molecule has 0 aliphatic rings. The first-order valence-corrected chi connectivity index (χ1v) is 4.37. The van der Waals surface area contributed by atoms with E-state index in [-0.39, 0.29) is 11.7 Å². The number of carbonyl (C=O) groups excluding carboxylic acids is 1. The number of Topliss-reactive ketones (excluding diaryl/α,β-unsaturated/α-hetero) is 1. The third kappa shape index (κ3) is 2.31. The number of rotatable bonds is 2. The smallest absolute Gasteiger partial charge is 0.169 e. The van der Waals surface area contributed by atoms with Gasteiger partial charge in [0, 0.05) is 5.41 Å². The van der Waals surface area contributed by atoms with E-state index >= 15 is 0 Å². The summed E-state index contributed by atoms with van der Waals surface area (Å²) in [5.74, 6) is -0.130. The zero-order valence-electron chi connectivity index (χ0n) is 8.93. The van der Waals surface area contributed by atoms with Gasteiger partial charge in [0.1, 0.15) is 5.60 Å². The van der Waals surface area contributed by atoms with Crippen LogP contribution in [0.25, 0.3) is 0 Å². The van der Waals surface area contributed by atoms with Crippen molar-refractivity contribution in [2.45, 2.75) is 47.1 Å². The summed E-state index contributed by atoms with van der Waals surface area (Å²) in [4.78, 5) is 11.7. The minimum absolute atomic E-state index is 0.0378. The molecule has 0 rings (SSSR count). The van der Waals surface area contributed by atoms with E-state index in [9.17, 15) is 9.90 Å². The molecule has 0 aromatic heterocycles. The largest absolute Gasteiger partial charge is 0.382 e. The van der Waals surface area contributed by atoms with Gasteiger partial charge in [-0.3, -0.25) is 4.79 Å². The van der Waals surface area contributed by atoms with Crippen molar-refractivity contribution < 1.29 is 9.90 Å². The van der Waals surface area contributed by atoms with Gasteiger partial charge in [-0.2, -0.15) is 0 Å². The fourth-order valence-corrected chi connectivity index (χ4v) is 1.02. The molecule has 0 fully saturated rings. The van der Waals surface area contributed by atoms with E-state index in [1.165, 1.54) is 0 Å². The lowest BCUT2D eigenvalue weighted by Gasteiger charge is -2.32. The van der Waals surface area contributed by atoms with Crippen LogP contribution < -0.4 is 0 Å². The van der Waals surface area contributed by atoms with Gasteiger partial charge in [-0.05, 0) is 12.8 Å². The molecule has 2 heteroatoms. The molecule has 1 N–H and O–H groups in total. The van der Waals surface area contributed by atoms with Crippen LogP contribution in [0.2, 0.25) is 0 Å². The highest BCUT2D eigenvalue weighted by molar-refractivity contribution is 5.91. The second kappa shape index (κ2) is 3.17. The Morgan fingerprint density at radius 2 is 1.50 bits per heavy atom. The minimum atomic E-state index is -1.20. The van der Waals surface area contributed by atoms with E-state index in [0.29, 0.717) is 0 Å². The standard InChI is InChI=1S/C10H20O2/c1-7(2)10(6,12)8(11)9(3,4)5/h7,12H,1-6H3. The number of aliphatic hydroxyl groups is 1. The van der Waals surface area contributed by atoms with Gasteiger partial charge in [0.2, 0.25) is 0 Å². The number of hydrogen-bond acceptors (Lipinski definition) is 2. The fraction of sp³-hybridized carbons (Fsp3) is 0.900. The molecule has 1 unspecified atom stereocenters. The van der Waals surface area contributed by atoms with Gasteiger partial charge in [-0.1, -0.05) is 34.6 Å². The van der Waals surface area contributed by atoms with Crippen molar-refractivity contribution in [2.24, 2.45) is 11.3 Å². The SMILES string of the molecule is CC(C)C(C)(O)C(=O)C(C)(C)C. The lowest BCUT2D eigenvalue weighted by Crippen LogP contribution is -2.46. The molecular weight excluding hydrogens is 152 g/mol. The van der Waals surface area contributed by atoms with Crippen molar-refractivity contribution >= 4 is 5.78 Å². The Hall–Kier alpha value is -0.370. The number of carbonyl (C=O) groups is 1. The van der Waals surface area contributed by atoms with E-state index in [1.807, 2.05) is 34.6 Å². The van der Waals surface area contributed by atoms with Crippen molar-refractivity contribution in [3.63, 3.8) is 0 Å². The Morgan fingerprint density at radius 1 is 1.17 bits per heavy atom. The molecule has 0 bridgehead atoms. The lowest BCUT2D eigenvalue weighted by atomic mass is 9.76. The van der Waals surface area contributed by atoms with Crippen LogP contribution in [0.5, 0.6) is 0 Å². The Labute approximate surface area is 75.0 Å². The monoisotopic (exact) mass is 172 g/mol. The van der Waals surface area contributed by atoms with Crippen LogP contribution >= 0.6 is 0 Å². The van der Waals surface area contributed by atoms with Crippen LogP contribution in [0.15, 0.2) is 0 Å². The molecule has 0 amide bonds. The average molecular weight is 172 g/mol. The minimum Gasteiger partial charge on any atom is -0.382 e. The highest BCUT2D eigenvalue weighted by Crippen LogP contribution is 2.27. The van der Waals surface area contributed by atoms with E-state index < -0.39 is 11.0 Å². The first kappa shape index (κ1) is 11.6. The molecule has 0 spiro atoms. The molecule has 0 aliphatic heterocycles. The topological polar surface area (TPSA) is 37.3 Å². The summed E-state index contributed by atoms with van der Waals surface area (Å²) in [7, 11) is 0. The molecule has 0 aromatic rings. The van der Waals surface area contributed by atoms with Crippen LogP contribution in [0.3, 0.4) is 0 Å². The number of ketones is 1. The molecule has 1 atom stereocenters. The van der Waals surface area contributed by atoms with E-state index in [2.05, 4.69) is 0 Å².